The molecule has 0 saturated carbocycles. The van der Waals surface area contributed by atoms with Gasteiger partial charge >= 0.3 is 0 Å². The van der Waals surface area contributed by atoms with E-state index in [1.54, 1.807) is 22.7 Å². The van der Waals surface area contributed by atoms with Gasteiger partial charge in [0.1, 0.15) is 0 Å². The van der Waals surface area contributed by atoms with Crippen molar-refractivity contribution in [1.29, 1.82) is 0 Å². The Balaban J connectivity index is 2.03. The molecule has 0 aliphatic rings. The number of aromatic amines is 1. The summed E-state index contributed by atoms with van der Waals surface area (Å²) in [5.74, 6) is 1.63. The first kappa shape index (κ1) is 9.74. The molecule has 0 aromatic carbocycles. The lowest BCUT2D eigenvalue weighted by Gasteiger charge is -1.91. The fourth-order valence-electron chi connectivity index (χ4n) is 1.49. The number of H-pyrrole nitrogens is 1. The van der Waals surface area contributed by atoms with E-state index in [1.807, 2.05) is 17.5 Å². The lowest BCUT2D eigenvalue weighted by atomic mass is 10.3. The molecule has 0 aliphatic carbocycles. The van der Waals surface area contributed by atoms with Crippen molar-refractivity contribution in [3.05, 3.63) is 34.5 Å². The van der Waals surface area contributed by atoms with Crippen LogP contribution >= 0.6 is 22.7 Å². The van der Waals surface area contributed by atoms with Crippen molar-refractivity contribution in [1.82, 2.24) is 15.2 Å². The normalized spacial score (nSPS) is 10.8. The molecule has 0 radical (unpaired) electrons. The molecule has 0 amide bonds. The Morgan fingerprint density at radius 1 is 1.19 bits per heavy atom. The monoisotopic (exact) mass is 247 g/mol. The van der Waals surface area contributed by atoms with Crippen LogP contribution in [0.5, 0.6) is 0 Å². The second-order valence-corrected chi connectivity index (χ2v) is 5.28. The highest BCUT2D eigenvalue weighted by Crippen LogP contribution is 2.28. The first-order chi connectivity index (χ1) is 7.84. The van der Waals surface area contributed by atoms with Crippen molar-refractivity contribution in [3.8, 4) is 21.4 Å². The number of aromatic nitrogens is 3. The van der Waals surface area contributed by atoms with Crippen molar-refractivity contribution in [2.45, 2.75) is 6.92 Å². The molecule has 0 saturated heterocycles. The Morgan fingerprint density at radius 2 is 2.12 bits per heavy atom. The summed E-state index contributed by atoms with van der Waals surface area (Å²) in [6, 6.07) is 6.12. The fourth-order valence-corrected chi connectivity index (χ4v) is 3.02. The number of aryl methyl sites for hydroxylation is 1. The predicted octanol–water partition coefficient (Wildman–Crippen LogP) is 3.57. The van der Waals surface area contributed by atoms with Gasteiger partial charge in [-0.2, -0.15) is 5.10 Å². The maximum absolute atomic E-state index is 4.51. The first-order valence-corrected chi connectivity index (χ1v) is 6.61. The van der Waals surface area contributed by atoms with Gasteiger partial charge in [0.05, 0.1) is 9.75 Å². The number of hydrogen-bond acceptors (Lipinski definition) is 4. The van der Waals surface area contributed by atoms with E-state index in [0.717, 1.165) is 21.4 Å². The number of rotatable bonds is 2. The number of thiophene rings is 2. The van der Waals surface area contributed by atoms with Crippen molar-refractivity contribution in [2.24, 2.45) is 0 Å². The highest BCUT2D eigenvalue weighted by molar-refractivity contribution is 7.14. The van der Waals surface area contributed by atoms with Crippen LogP contribution < -0.4 is 0 Å². The van der Waals surface area contributed by atoms with Crippen molar-refractivity contribution < 1.29 is 0 Å². The molecule has 0 atom stereocenters. The molecule has 3 nitrogen and oxygen atoms in total. The molecule has 0 spiro atoms. The molecule has 5 heteroatoms. The Labute approximate surface area is 101 Å². The predicted molar refractivity (Wildman–Crippen MR) is 67.7 cm³/mol. The standard InChI is InChI=1S/C11H9N3S2/c1-7-4-6-16-9(7)11-12-10(13-14-11)8-3-2-5-15-8/h2-6H,1H3,(H,12,13,14). The molecule has 0 unspecified atom stereocenters. The summed E-state index contributed by atoms with van der Waals surface area (Å²) in [6.45, 7) is 2.08. The van der Waals surface area contributed by atoms with E-state index in [9.17, 15) is 0 Å². The van der Waals surface area contributed by atoms with Crippen molar-refractivity contribution in [2.75, 3.05) is 0 Å². The Kier molecular flexibility index (Phi) is 2.34. The second-order valence-electron chi connectivity index (χ2n) is 3.42. The lowest BCUT2D eigenvalue weighted by Crippen LogP contribution is -1.78. The molecule has 3 rings (SSSR count). The molecule has 0 fully saturated rings. The maximum atomic E-state index is 4.51. The quantitative estimate of drug-likeness (QED) is 0.752. The highest BCUT2D eigenvalue weighted by atomic mass is 32.1. The largest absolute Gasteiger partial charge is 0.258 e. The van der Waals surface area contributed by atoms with E-state index >= 15 is 0 Å². The van der Waals surface area contributed by atoms with E-state index in [4.69, 9.17) is 0 Å². The van der Waals surface area contributed by atoms with Gasteiger partial charge in [0, 0.05) is 0 Å². The number of nitrogens with zero attached hydrogens (tertiary/aromatic N) is 2. The average molecular weight is 247 g/mol. The van der Waals surface area contributed by atoms with Gasteiger partial charge in [-0.1, -0.05) is 6.07 Å². The topological polar surface area (TPSA) is 41.6 Å². The summed E-state index contributed by atoms with van der Waals surface area (Å²) < 4.78 is 0. The van der Waals surface area contributed by atoms with Crippen LogP contribution in [0.1, 0.15) is 5.56 Å². The summed E-state index contributed by atoms with van der Waals surface area (Å²) in [5.41, 5.74) is 1.24. The van der Waals surface area contributed by atoms with Gasteiger partial charge in [0.2, 0.25) is 0 Å². The number of nitrogens with one attached hydrogen (secondary N) is 1. The van der Waals surface area contributed by atoms with Crippen LogP contribution in [0.4, 0.5) is 0 Å². The zero-order chi connectivity index (χ0) is 11.0. The molecule has 1 N–H and O–H groups in total. The van der Waals surface area contributed by atoms with Crippen LogP contribution in [0, 0.1) is 6.92 Å². The molecule has 0 bridgehead atoms. The van der Waals surface area contributed by atoms with Gasteiger partial charge < -0.3 is 0 Å². The van der Waals surface area contributed by atoms with Gasteiger partial charge in [-0.15, -0.1) is 22.7 Å². The van der Waals surface area contributed by atoms with E-state index < -0.39 is 0 Å². The van der Waals surface area contributed by atoms with Gasteiger partial charge in [-0.3, -0.25) is 5.10 Å². The SMILES string of the molecule is Cc1ccsc1-c1nc(-c2cccs2)n[nH]1. The number of hydrogen-bond donors (Lipinski definition) is 1. The average Bonchev–Trinajstić information content (AvgIpc) is 2.96. The smallest absolute Gasteiger partial charge is 0.191 e. The van der Waals surface area contributed by atoms with Gasteiger partial charge in [0.15, 0.2) is 11.6 Å². The minimum absolute atomic E-state index is 0.776. The Morgan fingerprint density at radius 3 is 2.81 bits per heavy atom. The zero-order valence-electron chi connectivity index (χ0n) is 8.60. The third-order valence-electron chi connectivity index (χ3n) is 2.30. The van der Waals surface area contributed by atoms with E-state index in [2.05, 4.69) is 33.6 Å². The van der Waals surface area contributed by atoms with Crippen LogP contribution in [-0.2, 0) is 0 Å². The van der Waals surface area contributed by atoms with E-state index in [0.29, 0.717) is 0 Å². The molecule has 80 valence electrons. The Bertz CT molecular complexity index is 592. The van der Waals surface area contributed by atoms with Crippen LogP contribution in [0.25, 0.3) is 21.4 Å². The first-order valence-electron chi connectivity index (χ1n) is 4.85. The molecule has 3 aromatic rings. The molecule has 3 aromatic heterocycles. The van der Waals surface area contributed by atoms with Crippen LogP contribution in [0.2, 0.25) is 0 Å². The third-order valence-corrected chi connectivity index (χ3v) is 4.19. The summed E-state index contributed by atoms with van der Waals surface area (Å²) in [7, 11) is 0. The minimum Gasteiger partial charge on any atom is -0.258 e. The summed E-state index contributed by atoms with van der Waals surface area (Å²) >= 11 is 3.33. The van der Waals surface area contributed by atoms with Crippen molar-refractivity contribution in [3.63, 3.8) is 0 Å². The summed E-state index contributed by atoms with van der Waals surface area (Å²) in [4.78, 5) is 6.77. The second kappa shape index (κ2) is 3.84. The van der Waals surface area contributed by atoms with Crippen molar-refractivity contribution >= 4 is 22.7 Å². The van der Waals surface area contributed by atoms with Gasteiger partial charge in [-0.05, 0) is 35.4 Å². The van der Waals surface area contributed by atoms with E-state index in [-0.39, 0.29) is 0 Å². The molecule has 0 aliphatic heterocycles. The molecule has 16 heavy (non-hydrogen) atoms. The van der Waals surface area contributed by atoms with Crippen LogP contribution in [0.15, 0.2) is 29.0 Å². The summed E-state index contributed by atoms with van der Waals surface area (Å²) in [6.07, 6.45) is 0. The van der Waals surface area contributed by atoms with Crippen LogP contribution in [0.3, 0.4) is 0 Å². The zero-order valence-corrected chi connectivity index (χ0v) is 10.2. The lowest BCUT2D eigenvalue weighted by molar-refractivity contribution is 1.10. The van der Waals surface area contributed by atoms with Gasteiger partial charge in [-0.25, -0.2) is 4.98 Å². The van der Waals surface area contributed by atoms with E-state index in [1.165, 1.54) is 5.56 Å². The molecular formula is C11H9N3S2. The molecular weight excluding hydrogens is 238 g/mol. The minimum atomic E-state index is 0.776. The van der Waals surface area contributed by atoms with Crippen LogP contribution in [-0.4, -0.2) is 15.2 Å². The third kappa shape index (κ3) is 1.58. The Hall–Kier alpha value is -1.46. The highest BCUT2D eigenvalue weighted by Gasteiger charge is 2.10. The van der Waals surface area contributed by atoms with Gasteiger partial charge in [0.25, 0.3) is 0 Å². The fraction of sp³-hybridized carbons (Fsp3) is 0.0909. The summed E-state index contributed by atoms with van der Waals surface area (Å²) in [5, 5.41) is 11.3. The molecule has 3 heterocycles. The maximum Gasteiger partial charge on any atom is 0.191 e.